The smallest absolute Gasteiger partial charge is 0.126 e. The van der Waals surface area contributed by atoms with E-state index in [1.165, 1.54) is 31.4 Å². The summed E-state index contributed by atoms with van der Waals surface area (Å²) >= 11 is 0. The molecule has 1 atom stereocenters. The highest BCUT2D eigenvalue weighted by Crippen LogP contribution is 2.31. The van der Waals surface area contributed by atoms with E-state index in [9.17, 15) is 8.78 Å². The van der Waals surface area contributed by atoms with Gasteiger partial charge in [0.15, 0.2) is 0 Å². The summed E-state index contributed by atoms with van der Waals surface area (Å²) in [6.07, 6.45) is 4.43. The van der Waals surface area contributed by atoms with Crippen LogP contribution < -0.4 is 5.32 Å². The molecule has 1 saturated carbocycles. The molecule has 0 saturated heterocycles. The van der Waals surface area contributed by atoms with Gasteiger partial charge in [0.2, 0.25) is 0 Å². The van der Waals surface area contributed by atoms with Gasteiger partial charge >= 0.3 is 0 Å². The van der Waals surface area contributed by atoms with Crippen molar-refractivity contribution in [3.63, 3.8) is 0 Å². The van der Waals surface area contributed by atoms with Crippen molar-refractivity contribution in [2.75, 3.05) is 7.05 Å². The number of likely N-dealkylation sites (N-methyl/N-ethyl adjacent to an activating group) is 1. The largest absolute Gasteiger partial charge is 0.316 e. The van der Waals surface area contributed by atoms with E-state index in [4.69, 9.17) is 0 Å². The van der Waals surface area contributed by atoms with Gasteiger partial charge in [-0.1, -0.05) is 6.42 Å². The van der Waals surface area contributed by atoms with Gasteiger partial charge in [-0.2, -0.15) is 0 Å². The van der Waals surface area contributed by atoms with E-state index in [0.717, 1.165) is 11.6 Å². The molecule has 0 aliphatic heterocycles. The van der Waals surface area contributed by atoms with Crippen molar-refractivity contribution in [3.05, 3.63) is 35.4 Å². The van der Waals surface area contributed by atoms with Crippen molar-refractivity contribution in [1.82, 2.24) is 5.32 Å². The molecule has 1 fully saturated rings. The predicted molar refractivity (Wildman–Crippen MR) is 60.3 cm³/mol. The summed E-state index contributed by atoms with van der Waals surface area (Å²) in [5.41, 5.74) is 0.740. The van der Waals surface area contributed by atoms with Crippen LogP contribution in [0.1, 0.15) is 24.8 Å². The summed E-state index contributed by atoms with van der Waals surface area (Å²) in [4.78, 5) is 0. The van der Waals surface area contributed by atoms with E-state index in [2.05, 4.69) is 5.32 Å². The molecule has 1 N–H and O–H groups in total. The van der Waals surface area contributed by atoms with Gasteiger partial charge in [-0.15, -0.1) is 0 Å². The van der Waals surface area contributed by atoms with Crippen LogP contribution in [0.4, 0.5) is 8.78 Å². The summed E-state index contributed by atoms with van der Waals surface area (Å²) in [5, 5.41) is 3.25. The molecule has 1 aliphatic rings. The molecule has 1 unspecified atom stereocenters. The Morgan fingerprint density at radius 3 is 2.31 bits per heavy atom. The Hall–Kier alpha value is -0.960. The van der Waals surface area contributed by atoms with E-state index in [1.807, 2.05) is 7.05 Å². The van der Waals surface area contributed by atoms with Gasteiger partial charge in [-0.25, -0.2) is 8.78 Å². The molecule has 2 rings (SSSR count). The van der Waals surface area contributed by atoms with Gasteiger partial charge in [-0.3, -0.25) is 0 Å². The zero-order valence-corrected chi connectivity index (χ0v) is 9.47. The van der Waals surface area contributed by atoms with E-state index >= 15 is 0 Å². The van der Waals surface area contributed by atoms with Gasteiger partial charge in [0, 0.05) is 12.1 Å². The number of nitrogens with one attached hydrogen (secondary N) is 1. The average Bonchev–Trinajstić information content (AvgIpc) is 2.12. The number of halogens is 2. The molecule has 0 aromatic heterocycles. The standard InChI is InChI=1S/C13H17F2N/c1-16-13(10-3-2-4-10)7-9-5-11(14)8-12(15)6-9/h5-6,8,10,13,16H,2-4,7H2,1H3. The normalized spacial score (nSPS) is 18.2. The zero-order chi connectivity index (χ0) is 11.5. The predicted octanol–water partition coefficient (Wildman–Crippen LogP) is 2.90. The SMILES string of the molecule is CNC(Cc1cc(F)cc(F)c1)C1CCC1. The molecule has 1 aromatic rings. The van der Waals surface area contributed by atoms with Crippen molar-refractivity contribution < 1.29 is 8.78 Å². The van der Waals surface area contributed by atoms with E-state index in [1.54, 1.807) is 0 Å². The topological polar surface area (TPSA) is 12.0 Å². The molecule has 16 heavy (non-hydrogen) atoms. The highest BCUT2D eigenvalue weighted by atomic mass is 19.1. The Morgan fingerprint density at radius 1 is 1.25 bits per heavy atom. The average molecular weight is 225 g/mol. The summed E-state index contributed by atoms with van der Waals surface area (Å²) < 4.78 is 26.0. The summed E-state index contributed by atoms with van der Waals surface area (Å²) in [6.45, 7) is 0. The fourth-order valence-corrected chi connectivity index (χ4v) is 2.33. The number of hydrogen-bond acceptors (Lipinski definition) is 1. The number of rotatable bonds is 4. The van der Waals surface area contributed by atoms with Crippen LogP contribution in [0.3, 0.4) is 0 Å². The maximum Gasteiger partial charge on any atom is 0.126 e. The van der Waals surface area contributed by atoms with E-state index in [-0.39, 0.29) is 0 Å². The maximum atomic E-state index is 13.0. The summed E-state index contributed by atoms with van der Waals surface area (Å²) in [5.74, 6) is -0.312. The number of hydrogen-bond donors (Lipinski definition) is 1. The molecule has 0 spiro atoms. The molecule has 0 heterocycles. The minimum Gasteiger partial charge on any atom is -0.316 e. The van der Waals surface area contributed by atoms with Gasteiger partial charge in [0.25, 0.3) is 0 Å². The fraction of sp³-hybridized carbons (Fsp3) is 0.538. The quantitative estimate of drug-likeness (QED) is 0.830. The molecule has 0 bridgehead atoms. The monoisotopic (exact) mass is 225 g/mol. The molecule has 1 aliphatic carbocycles. The van der Waals surface area contributed by atoms with Crippen LogP contribution in [0.15, 0.2) is 18.2 Å². The Kier molecular flexibility index (Phi) is 3.54. The Bertz CT molecular complexity index is 341. The molecule has 0 amide bonds. The lowest BCUT2D eigenvalue weighted by Crippen LogP contribution is -2.39. The van der Waals surface area contributed by atoms with Gasteiger partial charge in [-0.05, 0) is 49.9 Å². The summed E-state index contributed by atoms with van der Waals surface area (Å²) in [7, 11) is 1.92. The fourth-order valence-electron chi connectivity index (χ4n) is 2.33. The lowest BCUT2D eigenvalue weighted by Gasteiger charge is -2.33. The molecule has 1 nitrogen and oxygen atoms in total. The van der Waals surface area contributed by atoms with Crippen molar-refractivity contribution in [2.45, 2.75) is 31.7 Å². The Labute approximate surface area is 94.9 Å². The minimum atomic E-state index is -0.488. The third-order valence-corrected chi connectivity index (χ3v) is 3.47. The summed E-state index contributed by atoms with van der Waals surface area (Å²) in [6, 6.07) is 4.11. The molecule has 0 radical (unpaired) electrons. The van der Waals surface area contributed by atoms with Crippen LogP contribution in [0.5, 0.6) is 0 Å². The van der Waals surface area contributed by atoms with E-state index < -0.39 is 11.6 Å². The zero-order valence-electron chi connectivity index (χ0n) is 9.47. The van der Waals surface area contributed by atoms with Crippen LogP contribution in [-0.4, -0.2) is 13.1 Å². The van der Waals surface area contributed by atoms with E-state index in [0.29, 0.717) is 18.4 Å². The highest BCUT2D eigenvalue weighted by Gasteiger charge is 2.26. The molecule has 1 aromatic carbocycles. The third kappa shape index (κ3) is 2.59. The Balaban J connectivity index is 2.05. The second-order valence-corrected chi connectivity index (χ2v) is 4.57. The van der Waals surface area contributed by atoms with Crippen molar-refractivity contribution in [3.8, 4) is 0 Å². The minimum absolute atomic E-state index is 0.343. The van der Waals surface area contributed by atoms with Gasteiger partial charge in [0.1, 0.15) is 11.6 Å². The molecule has 3 heteroatoms. The first-order valence-electron chi connectivity index (χ1n) is 5.81. The second kappa shape index (κ2) is 4.91. The lowest BCUT2D eigenvalue weighted by atomic mass is 9.77. The first kappa shape index (κ1) is 11.5. The second-order valence-electron chi connectivity index (χ2n) is 4.57. The van der Waals surface area contributed by atoms with Gasteiger partial charge < -0.3 is 5.32 Å². The lowest BCUT2D eigenvalue weighted by molar-refractivity contribution is 0.235. The number of benzene rings is 1. The van der Waals surface area contributed by atoms with Gasteiger partial charge in [0.05, 0.1) is 0 Å². The first-order valence-corrected chi connectivity index (χ1v) is 5.81. The van der Waals surface area contributed by atoms with Crippen LogP contribution in [0, 0.1) is 17.6 Å². The molecular weight excluding hydrogens is 208 g/mol. The van der Waals surface area contributed by atoms with Crippen molar-refractivity contribution >= 4 is 0 Å². The third-order valence-electron chi connectivity index (χ3n) is 3.47. The maximum absolute atomic E-state index is 13.0. The molecular formula is C13H17F2N. The van der Waals surface area contributed by atoms with Crippen molar-refractivity contribution in [1.29, 1.82) is 0 Å². The van der Waals surface area contributed by atoms with Crippen LogP contribution in [-0.2, 0) is 6.42 Å². The Morgan fingerprint density at radius 2 is 1.88 bits per heavy atom. The van der Waals surface area contributed by atoms with Crippen molar-refractivity contribution in [2.24, 2.45) is 5.92 Å². The highest BCUT2D eigenvalue weighted by molar-refractivity contribution is 5.19. The molecule has 88 valence electrons. The first-order chi connectivity index (χ1) is 7.69. The van der Waals surface area contributed by atoms with Crippen LogP contribution in [0.25, 0.3) is 0 Å². The van der Waals surface area contributed by atoms with Crippen LogP contribution in [0.2, 0.25) is 0 Å². The van der Waals surface area contributed by atoms with Crippen LogP contribution >= 0.6 is 0 Å².